The molecule has 0 atom stereocenters. The van der Waals surface area contributed by atoms with Gasteiger partial charge in [-0.15, -0.1) is 0 Å². The van der Waals surface area contributed by atoms with Gasteiger partial charge in [-0.05, 0) is 12.1 Å². The molecule has 1 aromatic heterocycles. The SMILES string of the molecule is O=CCCc1cc(-c2ccccc2F)no1. The summed E-state index contributed by atoms with van der Waals surface area (Å²) in [6, 6.07) is 8.01. The van der Waals surface area contributed by atoms with Crippen LogP contribution in [-0.2, 0) is 11.2 Å². The van der Waals surface area contributed by atoms with E-state index in [9.17, 15) is 9.18 Å². The van der Waals surface area contributed by atoms with Crippen molar-refractivity contribution in [2.75, 3.05) is 0 Å². The number of rotatable bonds is 4. The van der Waals surface area contributed by atoms with Crippen LogP contribution >= 0.6 is 0 Å². The summed E-state index contributed by atoms with van der Waals surface area (Å²) in [5.74, 6) is 0.253. The summed E-state index contributed by atoms with van der Waals surface area (Å²) in [5.41, 5.74) is 0.864. The van der Waals surface area contributed by atoms with E-state index in [2.05, 4.69) is 5.16 Å². The van der Waals surface area contributed by atoms with E-state index >= 15 is 0 Å². The van der Waals surface area contributed by atoms with E-state index in [0.717, 1.165) is 6.29 Å². The van der Waals surface area contributed by atoms with Crippen LogP contribution in [-0.4, -0.2) is 11.4 Å². The Balaban J connectivity index is 2.25. The quantitative estimate of drug-likeness (QED) is 0.742. The van der Waals surface area contributed by atoms with E-state index in [-0.39, 0.29) is 5.82 Å². The fourth-order valence-corrected chi connectivity index (χ4v) is 1.43. The molecule has 0 radical (unpaired) electrons. The van der Waals surface area contributed by atoms with E-state index < -0.39 is 0 Å². The van der Waals surface area contributed by atoms with Crippen LogP contribution in [0.2, 0.25) is 0 Å². The number of carbonyl (C=O) groups excluding carboxylic acids is 1. The minimum Gasteiger partial charge on any atom is -0.361 e. The Morgan fingerprint density at radius 1 is 1.38 bits per heavy atom. The molecule has 82 valence electrons. The predicted octanol–water partition coefficient (Wildman–Crippen LogP) is 2.61. The monoisotopic (exact) mass is 219 g/mol. The number of halogens is 1. The predicted molar refractivity (Wildman–Crippen MR) is 56.3 cm³/mol. The van der Waals surface area contributed by atoms with Gasteiger partial charge in [0.1, 0.15) is 23.6 Å². The van der Waals surface area contributed by atoms with Crippen molar-refractivity contribution in [3.05, 3.63) is 41.9 Å². The Kier molecular flexibility index (Phi) is 3.10. The van der Waals surface area contributed by atoms with Crippen LogP contribution in [0.4, 0.5) is 4.39 Å². The Morgan fingerprint density at radius 3 is 2.94 bits per heavy atom. The van der Waals surface area contributed by atoms with Gasteiger partial charge in [-0.3, -0.25) is 0 Å². The molecule has 0 spiro atoms. The van der Waals surface area contributed by atoms with Gasteiger partial charge in [0.25, 0.3) is 0 Å². The van der Waals surface area contributed by atoms with Gasteiger partial charge >= 0.3 is 0 Å². The molecule has 4 heteroatoms. The van der Waals surface area contributed by atoms with Gasteiger partial charge < -0.3 is 9.32 Å². The number of aldehydes is 1. The third-order valence-corrected chi connectivity index (χ3v) is 2.22. The van der Waals surface area contributed by atoms with Crippen LogP contribution < -0.4 is 0 Å². The molecule has 0 saturated heterocycles. The third-order valence-electron chi connectivity index (χ3n) is 2.22. The maximum atomic E-state index is 13.4. The van der Waals surface area contributed by atoms with Gasteiger partial charge in [0.15, 0.2) is 0 Å². The van der Waals surface area contributed by atoms with Crippen molar-refractivity contribution < 1.29 is 13.7 Å². The first-order valence-corrected chi connectivity index (χ1v) is 4.95. The number of aryl methyl sites for hydroxylation is 1. The summed E-state index contributed by atoms with van der Waals surface area (Å²) >= 11 is 0. The second kappa shape index (κ2) is 4.70. The molecule has 2 aromatic rings. The van der Waals surface area contributed by atoms with Crippen molar-refractivity contribution in [1.29, 1.82) is 0 Å². The number of carbonyl (C=O) groups is 1. The van der Waals surface area contributed by atoms with Crippen molar-refractivity contribution in [3.63, 3.8) is 0 Å². The van der Waals surface area contributed by atoms with Crippen LogP contribution in [0, 0.1) is 5.82 Å². The molecule has 0 amide bonds. The summed E-state index contributed by atoms with van der Waals surface area (Å²) in [6.07, 6.45) is 1.68. The largest absolute Gasteiger partial charge is 0.361 e. The normalized spacial score (nSPS) is 10.3. The summed E-state index contributed by atoms with van der Waals surface area (Å²) in [6.45, 7) is 0. The Labute approximate surface area is 91.9 Å². The molecule has 0 fully saturated rings. The molecular formula is C12H10FNO2. The molecular weight excluding hydrogens is 209 g/mol. The first kappa shape index (κ1) is 10.5. The lowest BCUT2D eigenvalue weighted by Crippen LogP contribution is -1.83. The van der Waals surface area contributed by atoms with Crippen LogP contribution in [0.25, 0.3) is 11.3 Å². The van der Waals surface area contributed by atoms with Gasteiger partial charge in [-0.25, -0.2) is 4.39 Å². The maximum absolute atomic E-state index is 13.4. The number of hydrogen-bond acceptors (Lipinski definition) is 3. The molecule has 0 bridgehead atoms. The summed E-state index contributed by atoms with van der Waals surface area (Å²) in [7, 11) is 0. The Bertz CT molecular complexity index is 493. The highest BCUT2D eigenvalue weighted by molar-refractivity contribution is 5.59. The molecule has 0 aliphatic rings. The van der Waals surface area contributed by atoms with Crippen molar-refractivity contribution >= 4 is 6.29 Å². The van der Waals surface area contributed by atoms with Crippen LogP contribution in [0.1, 0.15) is 12.2 Å². The maximum Gasteiger partial charge on any atom is 0.137 e. The van der Waals surface area contributed by atoms with Crippen LogP contribution in [0.15, 0.2) is 34.9 Å². The standard InChI is InChI=1S/C12H10FNO2/c13-11-6-2-1-5-10(11)12-8-9(16-14-12)4-3-7-15/h1-2,5-8H,3-4H2. The van der Waals surface area contributed by atoms with Gasteiger partial charge in [-0.2, -0.15) is 0 Å². The lowest BCUT2D eigenvalue weighted by molar-refractivity contribution is -0.107. The molecule has 1 aromatic carbocycles. The molecule has 0 saturated carbocycles. The van der Waals surface area contributed by atoms with Crippen LogP contribution in [0.3, 0.4) is 0 Å². The number of aromatic nitrogens is 1. The van der Waals surface area contributed by atoms with Gasteiger partial charge in [0, 0.05) is 24.5 Å². The fourth-order valence-electron chi connectivity index (χ4n) is 1.43. The van der Waals surface area contributed by atoms with E-state index in [1.54, 1.807) is 24.3 Å². The molecule has 0 unspecified atom stereocenters. The van der Waals surface area contributed by atoms with Gasteiger partial charge in [0.2, 0.25) is 0 Å². The number of benzene rings is 1. The molecule has 16 heavy (non-hydrogen) atoms. The zero-order valence-electron chi connectivity index (χ0n) is 8.52. The average Bonchev–Trinajstić information content (AvgIpc) is 2.75. The zero-order chi connectivity index (χ0) is 11.4. The highest BCUT2D eigenvalue weighted by Crippen LogP contribution is 2.22. The lowest BCUT2D eigenvalue weighted by atomic mass is 10.1. The smallest absolute Gasteiger partial charge is 0.137 e. The second-order valence-electron chi connectivity index (χ2n) is 3.36. The molecule has 0 aliphatic heterocycles. The Morgan fingerprint density at radius 2 is 2.19 bits per heavy atom. The minimum absolute atomic E-state index is 0.335. The second-order valence-corrected chi connectivity index (χ2v) is 3.36. The van der Waals surface area contributed by atoms with Gasteiger partial charge in [-0.1, -0.05) is 17.3 Å². The molecule has 3 nitrogen and oxygen atoms in total. The van der Waals surface area contributed by atoms with E-state index in [0.29, 0.717) is 29.9 Å². The number of hydrogen-bond donors (Lipinski definition) is 0. The molecule has 0 N–H and O–H groups in total. The third kappa shape index (κ3) is 2.16. The summed E-state index contributed by atoms with van der Waals surface area (Å²) in [5, 5.41) is 3.77. The topological polar surface area (TPSA) is 43.1 Å². The summed E-state index contributed by atoms with van der Waals surface area (Å²) < 4.78 is 18.4. The number of nitrogens with zero attached hydrogens (tertiary/aromatic N) is 1. The summed E-state index contributed by atoms with van der Waals surface area (Å²) in [4.78, 5) is 10.2. The van der Waals surface area contributed by atoms with E-state index in [1.807, 2.05) is 0 Å². The van der Waals surface area contributed by atoms with Crippen molar-refractivity contribution in [1.82, 2.24) is 5.16 Å². The van der Waals surface area contributed by atoms with Crippen LogP contribution in [0.5, 0.6) is 0 Å². The minimum atomic E-state index is -0.335. The first-order valence-electron chi connectivity index (χ1n) is 4.95. The Hall–Kier alpha value is -1.97. The highest BCUT2D eigenvalue weighted by atomic mass is 19.1. The zero-order valence-corrected chi connectivity index (χ0v) is 8.52. The van der Waals surface area contributed by atoms with E-state index in [1.165, 1.54) is 6.07 Å². The van der Waals surface area contributed by atoms with E-state index in [4.69, 9.17) is 4.52 Å². The molecule has 0 aliphatic carbocycles. The van der Waals surface area contributed by atoms with Crippen molar-refractivity contribution in [2.45, 2.75) is 12.8 Å². The van der Waals surface area contributed by atoms with Crippen molar-refractivity contribution in [3.8, 4) is 11.3 Å². The first-order chi connectivity index (χ1) is 7.81. The highest BCUT2D eigenvalue weighted by Gasteiger charge is 2.09. The fraction of sp³-hybridized carbons (Fsp3) is 0.167. The molecule has 2 rings (SSSR count). The van der Waals surface area contributed by atoms with Crippen molar-refractivity contribution in [2.24, 2.45) is 0 Å². The molecule has 1 heterocycles. The van der Waals surface area contributed by atoms with Gasteiger partial charge in [0.05, 0.1) is 0 Å². The lowest BCUT2D eigenvalue weighted by Gasteiger charge is -1.95. The average molecular weight is 219 g/mol.